The highest BCUT2D eigenvalue weighted by molar-refractivity contribution is 7.15. The van der Waals surface area contributed by atoms with Crippen molar-refractivity contribution in [2.45, 2.75) is 6.18 Å². The van der Waals surface area contributed by atoms with E-state index >= 15 is 0 Å². The van der Waals surface area contributed by atoms with E-state index in [0.29, 0.717) is 27.6 Å². The van der Waals surface area contributed by atoms with Gasteiger partial charge in [0.15, 0.2) is 5.82 Å². The van der Waals surface area contributed by atoms with Crippen LogP contribution < -0.4 is 20.3 Å². The summed E-state index contributed by atoms with van der Waals surface area (Å²) >= 11 is 1.00. The van der Waals surface area contributed by atoms with Crippen molar-refractivity contribution in [3.8, 4) is 11.4 Å². The highest BCUT2D eigenvalue weighted by Crippen LogP contribution is 2.35. The minimum atomic E-state index is -4.57. The average molecular weight is 549 g/mol. The van der Waals surface area contributed by atoms with E-state index < -0.39 is 35.7 Å². The molecular formula is C26H15F3N6O3S. The minimum absolute atomic E-state index is 0.0589. The van der Waals surface area contributed by atoms with Crippen molar-refractivity contribution in [2.75, 3.05) is 16.8 Å². The Morgan fingerprint density at radius 2 is 1.77 bits per heavy atom. The SMILES string of the molecule is O=C(CN1C(=O)/C(=c2\sc3nc(-c4ccncc4)nn3c2=O)c2ccccc21)Nc1cccc(C(F)(F)F)c1. The van der Waals surface area contributed by atoms with E-state index in [0.717, 1.165) is 28.0 Å². The molecule has 0 atom stereocenters. The van der Waals surface area contributed by atoms with Gasteiger partial charge in [0.25, 0.3) is 11.5 Å². The van der Waals surface area contributed by atoms with Crippen molar-refractivity contribution >= 4 is 45.1 Å². The fourth-order valence-corrected chi connectivity index (χ4v) is 5.28. The summed E-state index contributed by atoms with van der Waals surface area (Å²) in [5.41, 5.74) is 0.121. The summed E-state index contributed by atoms with van der Waals surface area (Å²) in [4.78, 5) is 49.5. The first-order valence-electron chi connectivity index (χ1n) is 11.4. The largest absolute Gasteiger partial charge is 0.416 e. The Balaban J connectivity index is 1.35. The van der Waals surface area contributed by atoms with Gasteiger partial charge in [-0.05, 0) is 36.4 Å². The summed E-state index contributed by atoms with van der Waals surface area (Å²) in [6, 6.07) is 14.3. The fraction of sp³-hybridized carbons (Fsp3) is 0.0769. The minimum Gasteiger partial charge on any atom is -0.325 e. The van der Waals surface area contributed by atoms with Crippen molar-refractivity contribution in [2.24, 2.45) is 0 Å². The van der Waals surface area contributed by atoms with Gasteiger partial charge in [0.1, 0.15) is 11.1 Å². The molecule has 0 aliphatic carbocycles. The first kappa shape index (κ1) is 24.4. The molecule has 194 valence electrons. The van der Waals surface area contributed by atoms with E-state index in [-0.39, 0.29) is 15.8 Å². The number of fused-ring (bicyclic) bond motifs is 2. The molecule has 0 spiro atoms. The molecule has 5 aromatic rings. The van der Waals surface area contributed by atoms with Gasteiger partial charge < -0.3 is 5.32 Å². The van der Waals surface area contributed by atoms with Crippen LogP contribution in [0.4, 0.5) is 24.5 Å². The lowest BCUT2D eigenvalue weighted by atomic mass is 10.1. The molecule has 0 radical (unpaired) electrons. The molecule has 0 bridgehead atoms. The molecule has 9 nitrogen and oxygen atoms in total. The Morgan fingerprint density at radius 3 is 2.51 bits per heavy atom. The zero-order chi connectivity index (χ0) is 27.3. The lowest BCUT2D eigenvalue weighted by molar-refractivity contribution is -0.137. The summed E-state index contributed by atoms with van der Waals surface area (Å²) in [6.07, 6.45) is -1.41. The number of carbonyl (C=O) groups is 2. The second-order valence-electron chi connectivity index (χ2n) is 8.51. The quantitative estimate of drug-likeness (QED) is 0.370. The number of benzene rings is 2. The molecule has 13 heteroatoms. The van der Waals surface area contributed by atoms with Gasteiger partial charge in [-0.25, -0.2) is 0 Å². The highest BCUT2D eigenvalue weighted by Gasteiger charge is 2.36. The Morgan fingerprint density at radius 1 is 1.00 bits per heavy atom. The number of hydrogen-bond donors (Lipinski definition) is 1. The fourth-order valence-electron chi connectivity index (χ4n) is 4.28. The van der Waals surface area contributed by atoms with E-state index in [4.69, 9.17) is 0 Å². The van der Waals surface area contributed by atoms with E-state index in [2.05, 4.69) is 20.4 Å². The molecule has 4 heterocycles. The maximum absolute atomic E-state index is 13.5. The number of thiazole rings is 1. The van der Waals surface area contributed by atoms with Crippen molar-refractivity contribution in [3.05, 3.63) is 99.1 Å². The van der Waals surface area contributed by atoms with Crippen LogP contribution >= 0.6 is 11.3 Å². The molecule has 0 fully saturated rings. The number of halogens is 3. The van der Waals surface area contributed by atoms with Crippen LogP contribution in [-0.2, 0) is 15.8 Å². The average Bonchev–Trinajstić information content (AvgIpc) is 3.55. The first-order chi connectivity index (χ1) is 18.7. The van der Waals surface area contributed by atoms with E-state index in [1.54, 1.807) is 48.8 Å². The van der Waals surface area contributed by atoms with Gasteiger partial charge in [0.05, 0.1) is 16.8 Å². The number of aromatic nitrogens is 4. The third-order valence-electron chi connectivity index (χ3n) is 6.02. The number of nitrogens with one attached hydrogen (secondary N) is 1. The monoisotopic (exact) mass is 548 g/mol. The molecule has 2 aromatic carbocycles. The summed E-state index contributed by atoms with van der Waals surface area (Å²) in [5, 5.41) is 6.70. The van der Waals surface area contributed by atoms with Crippen LogP contribution in [0.15, 0.2) is 77.9 Å². The normalized spacial score (nSPS) is 14.6. The van der Waals surface area contributed by atoms with Crippen molar-refractivity contribution in [1.82, 2.24) is 19.6 Å². The number of para-hydroxylation sites is 1. The lowest BCUT2D eigenvalue weighted by Gasteiger charge is -2.17. The number of carbonyl (C=O) groups excluding carboxylic acids is 2. The highest BCUT2D eigenvalue weighted by atomic mass is 32.1. The third-order valence-corrected chi connectivity index (χ3v) is 7.05. The molecule has 0 saturated carbocycles. The second kappa shape index (κ2) is 9.13. The zero-order valence-corrected chi connectivity index (χ0v) is 20.5. The molecule has 1 aliphatic rings. The molecule has 3 aromatic heterocycles. The van der Waals surface area contributed by atoms with E-state index in [1.807, 2.05) is 0 Å². The summed E-state index contributed by atoms with van der Waals surface area (Å²) in [7, 11) is 0. The Kier molecular flexibility index (Phi) is 5.72. The molecular weight excluding hydrogens is 533 g/mol. The molecule has 1 N–H and O–H groups in total. The zero-order valence-electron chi connectivity index (χ0n) is 19.6. The Bertz CT molecular complexity index is 1880. The van der Waals surface area contributed by atoms with Gasteiger partial charge in [-0.1, -0.05) is 35.6 Å². The number of anilines is 2. The maximum Gasteiger partial charge on any atom is 0.416 e. The predicted molar refractivity (Wildman–Crippen MR) is 137 cm³/mol. The first-order valence-corrected chi connectivity index (χ1v) is 12.2. The van der Waals surface area contributed by atoms with Crippen LogP contribution in [0.1, 0.15) is 11.1 Å². The summed E-state index contributed by atoms with van der Waals surface area (Å²) in [5.74, 6) is -0.958. The van der Waals surface area contributed by atoms with Crippen LogP contribution in [0.2, 0.25) is 0 Å². The van der Waals surface area contributed by atoms with Gasteiger partial charge in [-0.2, -0.15) is 22.7 Å². The second-order valence-corrected chi connectivity index (χ2v) is 9.49. The van der Waals surface area contributed by atoms with Gasteiger partial charge in [0, 0.05) is 29.2 Å². The topological polar surface area (TPSA) is 110 Å². The summed E-state index contributed by atoms with van der Waals surface area (Å²) < 4.78 is 40.4. The van der Waals surface area contributed by atoms with Gasteiger partial charge in [-0.15, -0.1) is 5.10 Å². The smallest absolute Gasteiger partial charge is 0.325 e. The molecule has 39 heavy (non-hydrogen) atoms. The summed E-state index contributed by atoms with van der Waals surface area (Å²) in [6.45, 7) is -0.475. The molecule has 0 unspecified atom stereocenters. The number of nitrogens with zero attached hydrogens (tertiary/aromatic N) is 5. The van der Waals surface area contributed by atoms with Crippen LogP contribution in [0.3, 0.4) is 0 Å². The standard InChI is InChI=1S/C26H15F3N6O3S/c27-26(28,29)15-4-3-5-16(12-15)31-19(36)13-34-18-7-2-1-6-17(18)20(23(34)37)21-24(38)35-25(39-21)32-22(33-35)14-8-10-30-11-9-14/h1-12H,13H2,(H,31,36)/b21-20-. The number of amides is 2. The van der Waals surface area contributed by atoms with Gasteiger partial charge in [-0.3, -0.25) is 24.3 Å². The van der Waals surface area contributed by atoms with Crippen molar-refractivity contribution < 1.29 is 22.8 Å². The Labute approximate surface area is 220 Å². The number of alkyl halides is 3. The number of hydrogen-bond acceptors (Lipinski definition) is 7. The van der Waals surface area contributed by atoms with Crippen molar-refractivity contribution in [1.29, 1.82) is 0 Å². The van der Waals surface area contributed by atoms with E-state index in [9.17, 15) is 27.6 Å². The van der Waals surface area contributed by atoms with Crippen LogP contribution in [-0.4, -0.2) is 37.9 Å². The number of pyridine rings is 1. The predicted octanol–water partition coefficient (Wildman–Crippen LogP) is 3.14. The van der Waals surface area contributed by atoms with Crippen LogP contribution in [0.25, 0.3) is 21.9 Å². The van der Waals surface area contributed by atoms with Crippen LogP contribution in [0.5, 0.6) is 0 Å². The Hall–Kier alpha value is -4.91. The van der Waals surface area contributed by atoms with Crippen molar-refractivity contribution in [3.63, 3.8) is 0 Å². The molecule has 0 saturated heterocycles. The van der Waals surface area contributed by atoms with Gasteiger partial charge >= 0.3 is 6.18 Å². The number of rotatable bonds is 4. The third kappa shape index (κ3) is 4.32. The van der Waals surface area contributed by atoms with Gasteiger partial charge in [0.2, 0.25) is 10.9 Å². The molecule has 6 rings (SSSR count). The van der Waals surface area contributed by atoms with E-state index in [1.165, 1.54) is 17.0 Å². The lowest BCUT2D eigenvalue weighted by Crippen LogP contribution is -2.37. The maximum atomic E-state index is 13.5. The molecule has 2 amide bonds. The van der Waals surface area contributed by atoms with Crippen LogP contribution in [0, 0.1) is 0 Å². The molecule has 1 aliphatic heterocycles.